The van der Waals surface area contributed by atoms with E-state index in [9.17, 15) is 22.0 Å². The van der Waals surface area contributed by atoms with Gasteiger partial charge in [0, 0.05) is 10.5 Å². The molecule has 1 nitrogen and oxygen atoms in total. The molecule has 0 radical (unpaired) electrons. The predicted molar refractivity (Wildman–Crippen MR) is 72.0 cm³/mol. The summed E-state index contributed by atoms with van der Waals surface area (Å²) in [5.74, 6) is -1.45. The van der Waals surface area contributed by atoms with E-state index in [0.717, 1.165) is 30.1 Å². The molecule has 0 unspecified atom stereocenters. The van der Waals surface area contributed by atoms with E-state index in [-0.39, 0.29) is 16.1 Å². The first kappa shape index (κ1) is 15.6. The van der Waals surface area contributed by atoms with Gasteiger partial charge in [-0.05, 0) is 49.2 Å². The maximum atomic E-state index is 13.7. The van der Waals surface area contributed by atoms with Crippen molar-refractivity contribution < 1.29 is 22.0 Å². The molecule has 0 aliphatic rings. The van der Waals surface area contributed by atoms with Crippen molar-refractivity contribution in [1.82, 2.24) is 0 Å². The average molecular weight is 319 g/mol. The Morgan fingerprint density at radius 3 is 2.43 bits per heavy atom. The molecule has 0 amide bonds. The molecular formula is C14H10F5NS. The molecular weight excluding hydrogens is 309 g/mol. The van der Waals surface area contributed by atoms with Crippen LogP contribution < -0.4 is 4.72 Å². The van der Waals surface area contributed by atoms with E-state index >= 15 is 0 Å². The molecule has 0 saturated heterocycles. The van der Waals surface area contributed by atoms with Crippen molar-refractivity contribution >= 4 is 17.6 Å². The minimum atomic E-state index is -4.44. The first-order chi connectivity index (χ1) is 9.79. The van der Waals surface area contributed by atoms with Crippen LogP contribution in [0.25, 0.3) is 0 Å². The first-order valence-electron chi connectivity index (χ1n) is 5.84. The van der Waals surface area contributed by atoms with Gasteiger partial charge < -0.3 is 4.72 Å². The molecule has 112 valence electrons. The van der Waals surface area contributed by atoms with Crippen LogP contribution in [0.1, 0.15) is 11.1 Å². The van der Waals surface area contributed by atoms with Crippen LogP contribution in [0.5, 0.6) is 0 Å². The molecule has 0 heterocycles. The van der Waals surface area contributed by atoms with E-state index in [1.54, 1.807) is 0 Å². The molecule has 7 heteroatoms. The Kier molecular flexibility index (Phi) is 4.41. The smallest absolute Gasteiger partial charge is 0.323 e. The summed E-state index contributed by atoms with van der Waals surface area (Å²) in [5, 5.41) is 0. The van der Waals surface area contributed by atoms with Crippen molar-refractivity contribution in [2.45, 2.75) is 18.0 Å². The summed E-state index contributed by atoms with van der Waals surface area (Å²) in [5.41, 5.74) is -0.925. The Balaban J connectivity index is 2.16. The maximum absolute atomic E-state index is 13.7. The molecule has 0 fully saturated rings. The highest BCUT2D eigenvalue weighted by atomic mass is 32.2. The highest BCUT2D eigenvalue weighted by molar-refractivity contribution is 8.00. The van der Waals surface area contributed by atoms with Gasteiger partial charge in [0.1, 0.15) is 5.82 Å². The molecule has 0 aliphatic heterocycles. The van der Waals surface area contributed by atoms with Gasteiger partial charge in [-0.15, -0.1) is 0 Å². The number of benzene rings is 2. The number of hydrogen-bond acceptors (Lipinski definition) is 2. The van der Waals surface area contributed by atoms with Gasteiger partial charge in [0.05, 0.1) is 11.3 Å². The molecule has 2 aromatic rings. The fraction of sp³-hybridized carbons (Fsp3) is 0.143. The summed E-state index contributed by atoms with van der Waals surface area (Å²) >= 11 is 0.820. The second kappa shape index (κ2) is 5.93. The van der Waals surface area contributed by atoms with Crippen molar-refractivity contribution in [3.05, 3.63) is 59.2 Å². The molecule has 0 aliphatic carbocycles. The van der Waals surface area contributed by atoms with E-state index in [1.807, 2.05) is 0 Å². The molecule has 0 aromatic heterocycles. The lowest BCUT2D eigenvalue weighted by molar-refractivity contribution is -0.137. The third kappa shape index (κ3) is 3.66. The normalized spacial score (nSPS) is 11.5. The third-order valence-electron chi connectivity index (χ3n) is 2.76. The van der Waals surface area contributed by atoms with Crippen LogP contribution in [0, 0.1) is 18.6 Å². The quantitative estimate of drug-likeness (QED) is 0.599. The zero-order chi connectivity index (χ0) is 15.6. The van der Waals surface area contributed by atoms with Gasteiger partial charge in [0.2, 0.25) is 0 Å². The van der Waals surface area contributed by atoms with Crippen LogP contribution in [0.3, 0.4) is 0 Å². The second-order valence-electron chi connectivity index (χ2n) is 4.26. The van der Waals surface area contributed by atoms with Crippen LogP contribution in [0.4, 0.5) is 27.6 Å². The van der Waals surface area contributed by atoms with Gasteiger partial charge in [-0.2, -0.15) is 13.2 Å². The summed E-state index contributed by atoms with van der Waals surface area (Å²) < 4.78 is 67.1. The van der Waals surface area contributed by atoms with E-state index in [2.05, 4.69) is 4.72 Å². The molecule has 2 rings (SSSR count). The maximum Gasteiger partial charge on any atom is 0.416 e. The van der Waals surface area contributed by atoms with Gasteiger partial charge in [-0.3, -0.25) is 0 Å². The summed E-state index contributed by atoms with van der Waals surface area (Å²) in [6.45, 7) is 1.28. The van der Waals surface area contributed by atoms with E-state index in [4.69, 9.17) is 0 Å². The average Bonchev–Trinajstić information content (AvgIpc) is 2.43. The Morgan fingerprint density at radius 2 is 1.76 bits per heavy atom. The molecule has 0 atom stereocenters. The number of alkyl halides is 3. The van der Waals surface area contributed by atoms with Crippen molar-refractivity contribution in [2.24, 2.45) is 0 Å². The van der Waals surface area contributed by atoms with Crippen molar-refractivity contribution in [2.75, 3.05) is 4.72 Å². The number of rotatable bonds is 3. The van der Waals surface area contributed by atoms with Crippen LogP contribution >= 0.6 is 11.9 Å². The Hall–Kier alpha value is -1.76. The van der Waals surface area contributed by atoms with Crippen molar-refractivity contribution in [1.29, 1.82) is 0 Å². The van der Waals surface area contributed by atoms with Gasteiger partial charge >= 0.3 is 6.18 Å². The van der Waals surface area contributed by atoms with Gasteiger partial charge in [-0.25, -0.2) is 8.78 Å². The van der Waals surface area contributed by atoms with Crippen molar-refractivity contribution in [3.8, 4) is 0 Å². The topological polar surface area (TPSA) is 12.0 Å². The summed E-state index contributed by atoms with van der Waals surface area (Å²) in [6, 6.07) is 6.91. The van der Waals surface area contributed by atoms with Crippen LogP contribution in [-0.2, 0) is 6.18 Å². The largest absolute Gasteiger partial charge is 0.416 e. The number of anilines is 1. The summed E-state index contributed by atoms with van der Waals surface area (Å²) in [4.78, 5) is 0.270. The van der Waals surface area contributed by atoms with Crippen LogP contribution in [0.15, 0.2) is 41.3 Å². The SMILES string of the molecule is Cc1c(F)ccc(NSc2cccc(C(F)(F)F)c2)c1F. The van der Waals surface area contributed by atoms with Crippen molar-refractivity contribution in [3.63, 3.8) is 0 Å². The number of hydrogen-bond donors (Lipinski definition) is 1. The fourth-order valence-electron chi connectivity index (χ4n) is 1.59. The number of nitrogens with one attached hydrogen (secondary N) is 1. The third-order valence-corrected chi connectivity index (χ3v) is 3.57. The van der Waals surface area contributed by atoms with Gasteiger partial charge in [-0.1, -0.05) is 6.07 Å². The van der Waals surface area contributed by atoms with Crippen LogP contribution in [-0.4, -0.2) is 0 Å². The standard InChI is InChI=1S/C14H10F5NS/c1-8-11(15)5-6-12(13(8)16)20-21-10-4-2-3-9(7-10)14(17,18)19/h2-7,20H,1H3. The zero-order valence-electron chi connectivity index (χ0n) is 10.8. The summed E-state index contributed by atoms with van der Waals surface area (Å²) in [6.07, 6.45) is -4.44. The molecule has 0 bridgehead atoms. The molecule has 21 heavy (non-hydrogen) atoms. The molecule has 0 spiro atoms. The lowest BCUT2D eigenvalue weighted by Gasteiger charge is -2.11. The highest BCUT2D eigenvalue weighted by Crippen LogP contribution is 2.32. The predicted octanol–water partition coefficient (Wildman–Crippen LogP) is 5.41. The van der Waals surface area contributed by atoms with E-state index in [1.165, 1.54) is 25.1 Å². The monoisotopic (exact) mass is 319 g/mol. The molecule has 1 N–H and O–H groups in total. The van der Waals surface area contributed by atoms with E-state index < -0.39 is 23.4 Å². The van der Waals surface area contributed by atoms with Gasteiger partial charge in [0.25, 0.3) is 0 Å². The molecule has 2 aromatic carbocycles. The van der Waals surface area contributed by atoms with Crippen LogP contribution in [0.2, 0.25) is 0 Å². The summed E-state index contributed by atoms with van der Waals surface area (Å²) in [7, 11) is 0. The second-order valence-corrected chi connectivity index (χ2v) is 5.14. The molecule has 0 saturated carbocycles. The Labute approximate surface area is 122 Å². The highest BCUT2D eigenvalue weighted by Gasteiger charge is 2.30. The zero-order valence-corrected chi connectivity index (χ0v) is 11.6. The Bertz CT molecular complexity index is 654. The number of halogens is 5. The lowest BCUT2D eigenvalue weighted by atomic mass is 10.2. The fourth-order valence-corrected chi connectivity index (χ4v) is 2.31. The minimum absolute atomic E-state index is 0.0105. The minimum Gasteiger partial charge on any atom is -0.323 e. The van der Waals surface area contributed by atoms with E-state index in [0.29, 0.717) is 0 Å². The lowest BCUT2D eigenvalue weighted by Crippen LogP contribution is -2.04. The Morgan fingerprint density at radius 1 is 1.05 bits per heavy atom. The first-order valence-corrected chi connectivity index (χ1v) is 6.65. The van der Waals surface area contributed by atoms with Gasteiger partial charge in [0.15, 0.2) is 5.82 Å².